The van der Waals surface area contributed by atoms with Crippen molar-refractivity contribution in [2.45, 2.75) is 25.0 Å². The lowest BCUT2D eigenvalue weighted by Gasteiger charge is -2.12. The summed E-state index contributed by atoms with van der Waals surface area (Å²) in [5, 5.41) is 11.3. The summed E-state index contributed by atoms with van der Waals surface area (Å²) < 4.78 is 52.6. The van der Waals surface area contributed by atoms with E-state index in [1.165, 1.54) is 25.1 Å². The molecule has 0 saturated heterocycles. The molecule has 0 unspecified atom stereocenters. The Hall–Kier alpha value is -2.60. The Labute approximate surface area is 151 Å². The molecule has 1 N–H and O–H groups in total. The van der Waals surface area contributed by atoms with Crippen molar-refractivity contribution in [3.8, 4) is 6.07 Å². The highest BCUT2D eigenvalue weighted by molar-refractivity contribution is 8.00. The zero-order valence-corrected chi connectivity index (χ0v) is 14.6. The molecule has 9 heteroatoms. The molecule has 0 saturated carbocycles. The van der Waals surface area contributed by atoms with Gasteiger partial charge in [0, 0.05) is 11.4 Å². The van der Waals surface area contributed by atoms with Gasteiger partial charge in [-0.15, -0.1) is 0 Å². The molecule has 0 fully saturated rings. The van der Waals surface area contributed by atoms with Crippen LogP contribution in [0.4, 0.5) is 23.2 Å². The molecule has 1 aromatic carbocycles. The van der Waals surface area contributed by atoms with Crippen LogP contribution >= 0.6 is 11.8 Å². The lowest BCUT2D eigenvalue weighted by Crippen LogP contribution is -2.15. The lowest BCUT2D eigenvalue weighted by molar-refractivity contribution is -0.138. The Balaban J connectivity index is 2.16. The quantitative estimate of drug-likeness (QED) is 0.625. The van der Waals surface area contributed by atoms with E-state index in [2.05, 4.69) is 10.3 Å². The Bertz CT molecular complexity index is 891. The zero-order chi connectivity index (χ0) is 19.5. The highest BCUT2D eigenvalue weighted by atomic mass is 32.2. The number of thioether (sulfide) groups is 1. The van der Waals surface area contributed by atoms with Gasteiger partial charge in [0.2, 0.25) is 5.91 Å². The minimum Gasteiger partial charge on any atom is -0.325 e. The van der Waals surface area contributed by atoms with Gasteiger partial charge in [0.05, 0.1) is 16.9 Å². The molecule has 0 aliphatic carbocycles. The standard InChI is InChI=1S/C17H13F4N3OS/c1-9-3-4-11(6-14(9)18)24-15(25)8-26-16-12(7-22)13(17(19,20)21)5-10(2)23-16/h3-6H,8H2,1-2H3,(H,24,25). The van der Waals surface area contributed by atoms with E-state index < -0.39 is 29.0 Å². The van der Waals surface area contributed by atoms with Gasteiger partial charge >= 0.3 is 6.18 Å². The van der Waals surface area contributed by atoms with Gasteiger partial charge in [-0.1, -0.05) is 17.8 Å². The zero-order valence-electron chi connectivity index (χ0n) is 13.7. The van der Waals surface area contributed by atoms with Gasteiger partial charge in [-0.2, -0.15) is 18.4 Å². The molecule has 0 atom stereocenters. The predicted octanol–water partition coefficient (Wildman–Crippen LogP) is 4.46. The number of alkyl halides is 3. The van der Waals surface area contributed by atoms with Crippen LogP contribution in [-0.4, -0.2) is 16.6 Å². The average molecular weight is 383 g/mol. The summed E-state index contributed by atoms with van der Waals surface area (Å²) in [4.78, 5) is 15.9. The van der Waals surface area contributed by atoms with Crippen molar-refractivity contribution in [3.63, 3.8) is 0 Å². The van der Waals surface area contributed by atoms with Gasteiger partial charge in [-0.05, 0) is 37.6 Å². The van der Waals surface area contributed by atoms with Gasteiger partial charge < -0.3 is 5.32 Å². The van der Waals surface area contributed by atoms with Crippen LogP contribution in [0.2, 0.25) is 0 Å². The summed E-state index contributed by atoms with van der Waals surface area (Å²) in [5.74, 6) is -1.32. The molecule has 0 radical (unpaired) electrons. The van der Waals surface area contributed by atoms with Crippen molar-refractivity contribution in [2.24, 2.45) is 0 Å². The van der Waals surface area contributed by atoms with E-state index in [0.717, 1.165) is 12.1 Å². The van der Waals surface area contributed by atoms with Crippen molar-refractivity contribution in [2.75, 3.05) is 11.1 Å². The topological polar surface area (TPSA) is 65.8 Å². The van der Waals surface area contributed by atoms with Crippen molar-refractivity contribution in [1.29, 1.82) is 5.26 Å². The number of aromatic nitrogens is 1. The number of amides is 1. The predicted molar refractivity (Wildman–Crippen MR) is 89.2 cm³/mol. The number of nitriles is 1. The summed E-state index contributed by atoms with van der Waals surface area (Å²) in [6.45, 7) is 2.94. The van der Waals surface area contributed by atoms with E-state index in [-0.39, 0.29) is 22.2 Å². The van der Waals surface area contributed by atoms with Crippen molar-refractivity contribution in [1.82, 2.24) is 4.98 Å². The highest BCUT2D eigenvalue weighted by Gasteiger charge is 2.35. The first-order chi connectivity index (χ1) is 12.1. The maximum Gasteiger partial charge on any atom is 0.417 e. The van der Waals surface area contributed by atoms with Crippen LogP contribution in [0.1, 0.15) is 22.4 Å². The largest absolute Gasteiger partial charge is 0.417 e. The maximum atomic E-state index is 13.5. The van der Waals surface area contributed by atoms with Gasteiger partial charge in [-0.25, -0.2) is 9.37 Å². The molecule has 26 heavy (non-hydrogen) atoms. The van der Waals surface area contributed by atoms with E-state index in [1.54, 1.807) is 6.92 Å². The minimum atomic E-state index is -4.70. The number of nitrogens with one attached hydrogen (secondary N) is 1. The van der Waals surface area contributed by atoms with Crippen molar-refractivity contribution < 1.29 is 22.4 Å². The second-order valence-corrected chi connectivity index (χ2v) is 6.37. The molecule has 1 aromatic heterocycles. The third kappa shape index (κ3) is 4.73. The molecule has 2 aromatic rings. The first kappa shape index (κ1) is 19.7. The number of carbonyl (C=O) groups excluding carboxylic acids is 1. The second-order valence-electron chi connectivity index (χ2n) is 5.40. The van der Waals surface area contributed by atoms with Gasteiger partial charge in [-0.3, -0.25) is 4.79 Å². The normalized spacial score (nSPS) is 11.1. The fourth-order valence-corrected chi connectivity index (χ4v) is 2.93. The molecule has 2 rings (SSSR count). The molecular weight excluding hydrogens is 370 g/mol. The molecule has 1 heterocycles. The molecule has 4 nitrogen and oxygen atoms in total. The summed E-state index contributed by atoms with van der Waals surface area (Å²) in [5.41, 5.74) is -0.981. The van der Waals surface area contributed by atoms with E-state index in [0.29, 0.717) is 17.3 Å². The summed E-state index contributed by atoms with van der Waals surface area (Å²) in [7, 11) is 0. The number of carbonyl (C=O) groups is 1. The van der Waals surface area contributed by atoms with Crippen molar-refractivity contribution >= 4 is 23.4 Å². The highest BCUT2D eigenvalue weighted by Crippen LogP contribution is 2.35. The van der Waals surface area contributed by atoms with E-state index in [4.69, 9.17) is 5.26 Å². The molecule has 0 aliphatic rings. The molecular formula is C17H13F4N3OS. The number of anilines is 1. The van der Waals surface area contributed by atoms with Crippen LogP contribution in [0.5, 0.6) is 0 Å². The second kappa shape index (κ2) is 7.74. The number of nitrogens with zero attached hydrogens (tertiary/aromatic N) is 2. The number of hydrogen-bond acceptors (Lipinski definition) is 4. The van der Waals surface area contributed by atoms with E-state index in [1.807, 2.05) is 0 Å². The molecule has 0 spiro atoms. The molecule has 1 amide bonds. The van der Waals surface area contributed by atoms with Gasteiger partial charge in [0.15, 0.2) is 0 Å². The van der Waals surface area contributed by atoms with Crippen LogP contribution in [0.15, 0.2) is 29.3 Å². The number of benzene rings is 1. The fraction of sp³-hybridized carbons (Fsp3) is 0.235. The Morgan fingerprint density at radius 2 is 2.00 bits per heavy atom. The number of hydrogen-bond donors (Lipinski definition) is 1. The Kier molecular flexibility index (Phi) is 5.87. The Morgan fingerprint density at radius 3 is 2.58 bits per heavy atom. The third-order valence-electron chi connectivity index (χ3n) is 3.33. The van der Waals surface area contributed by atoms with E-state index in [9.17, 15) is 22.4 Å². The van der Waals surface area contributed by atoms with Crippen molar-refractivity contribution in [3.05, 3.63) is 52.5 Å². The SMILES string of the molecule is Cc1cc(C(F)(F)F)c(C#N)c(SCC(=O)Nc2ccc(C)c(F)c2)n1. The van der Waals surface area contributed by atoms with Crippen LogP contribution in [0.3, 0.4) is 0 Å². The van der Waals surface area contributed by atoms with Crippen LogP contribution in [0, 0.1) is 31.0 Å². The first-order valence-corrected chi connectivity index (χ1v) is 8.28. The number of rotatable bonds is 4. The first-order valence-electron chi connectivity index (χ1n) is 7.29. The van der Waals surface area contributed by atoms with Crippen LogP contribution < -0.4 is 5.32 Å². The number of aryl methyl sites for hydroxylation is 2. The smallest absolute Gasteiger partial charge is 0.325 e. The van der Waals surface area contributed by atoms with Crippen LogP contribution in [0.25, 0.3) is 0 Å². The average Bonchev–Trinajstić information content (AvgIpc) is 2.55. The molecule has 0 bridgehead atoms. The molecule has 0 aliphatic heterocycles. The fourth-order valence-electron chi connectivity index (χ4n) is 2.08. The minimum absolute atomic E-state index is 0.0832. The maximum absolute atomic E-state index is 13.5. The molecule has 136 valence electrons. The lowest BCUT2D eigenvalue weighted by atomic mass is 10.1. The Morgan fingerprint density at radius 1 is 1.31 bits per heavy atom. The third-order valence-corrected chi connectivity index (χ3v) is 4.30. The van der Waals surface area contributed by atoms with Gasteiger partial charge in [0.25, 0.3) is 0 Å². The van der Waals surface area contributed by atoms with Crippen LogP contribution in [-0.2, 0) is 11.0 Å². The number of halogens is 4. The van der Waals surface area contributed by atoms with Gasteiger partial charge in [0.1, 0.15) is 16.9 Å². The summed E-state index contributed by atoms with van der Waals surface area (Å²) in [6.07, 6.45) is -4.70. The van der Waals surface area contributed by atoms with E-state index >= 15 is 0 Å². The summed E-state index contributed by atoms with van der Waals surface area (Å²) >= 11 is 0.711. The summed E-state index contributed by atoms with van der Waals surface area (Å²) in [6, 6.07) is 6.43. The number of pyridine rings is 1. The monoisotopic (exact) mass is 383 g/mol.